The summed E-state index contributed by atoms with van der Waals surface area (Å²) in [6, 6.07) is 12.4. The molecule has 1 unspecified atom stereocenters. The first-order chi connectivity index (χ1) is 15.8. The predicted molar refractivity (Wildman–Crippen MR) is 126 cm³/mol. The summed E-state index contributed by atoms with van der Waals surface area (Å²) in [6.07, 6.45) is 1.57. The SMILES string of the molecule is CNc1cc2ccn(-c3ccc(C(=O)NC(C(=O)O)c4ccc(Cl)s4)cc3)c(=O)c2cc1F. The average molecular weight is 486 g/mol. The van der Waals surface area contributed by atoms with Crippen LogP contribution in [-0.2, 0) is 4.79 Å². The third kappa shape index (κ3) is 4.46. The van der Waals surface area contributed by atoms with E-state index in [1.165, 1.54) is 22.8 Å². The Morgan fingerprint density at radius 1 is 1.12 bits per heavy atom. The van der Waals surface area contributed by atoms with Gasteiger partial charge in [-0.15, -0.1) is 11.3 Å². The van der Waals surface area contributed by atoms with Crippen molar-refractivity contribution in [2.45, 2.75) is 6.04 Å². The maximum atomic E-state index is 14.2. The third-order valence-corrected chi connectivity index (χ3v) is 6.37. The van der Waals surface area contributed by atoms with E-state index in [0.717, 1.165) is 11.3 Å². The van der Waals surface area contributed by atoms with E-state index in [0.29, 0.717) is 26.0 Å². The van der Waals surface area contributed by atoms with Gasteiger partial charge in [-0.2, -0.15) is 0 Å². The molecule has 0 saturated carbocycles. The molecule has 10 heteroatoms. The van der Waals surface area contributed by atoms with Gasteiger partial charge in [0, 0.05) is 29.4 Å². The smallest absolute Gasteiger partial charge is 0.331 e. The highest BCUT2D eigenvalue weighted by Crippen LogP contribution is 2.27. The van der Waals surface area contributed by atoms with E-state index in [-0.39, 0.29) is 10.9 Å². The predicted octanol–water partition coefficient (Wildman–Crippen LogP) is 4.44. The summed E-state index contributed by atoms with van der Waals surface area (Å²) >= 11 is 6.94. The van der Waals surface area contributed by atoms with E-state index >= 15 is 0 Å². The fraction of sp³-hybridized carbons (Fsp3) is 0.0870. The first kappa shape index (κ1) is 22.5. The van der Waals surface area contributed by atoms with Crippen molar-refractivity contribution >= 4 is 51.3 Å². The van der Waals surface area contributed by atoms with Crippen molar-refractivity contribution in [3.63, 3.8) is 0 Å². The molecule has 2 aromatic carbocycles. The summed E-state index contributed by atoms with van der Waals surface area (Å²) in [6.45, 7) is 0. The highest BCUT2D eigenvalue weighted by atomic mass is 35.5. The van der Waals surface area contributed by atoms with E-state index < -0.39 is 29.3 Å². The molecular formula is C23H17ClFN3O4S. The highest BCUT2D eigenvalue weighted by molar-refractivity contribution is 7.16. The number of thiophene rings is 1. The Morgan fingerprint density at radius 2 is 1.85 bits per heavy atom. The highest BCUT2D eigenvalue weighted by Gasteiger charge is 2.24. The molecule has 4 rings (SSSR count). The fourth-order valence-electron chi connectivity index (χ4n) is 3.39. The molecule has 0 bridgehead atoms. The normalized spacial score (nSPS) is 11.8. The van der Waals surface area contributed by atoms with Crippen molar-refractivity contribution in [3.8, 4) is 5.69 Å². The molecular weight excluding hydrogens is 469 g/mol. The standard InChI is InChI=1S/C23H17ClFN3O4S/c1-26-17-10-13-8-9-28(22(30)15(13)11-16(17)25)14-4-2-12(3-5-14)21(29)27-20(23(31)32)18-6-7-19(24)33-18/h2-11,20,26H,1H3,(H,27,29)(H,31,32). The Balaban J connectivity index is 1.61. The van der Waals surface area contributed by atoms with Gasteiger partial charge in [-0.05, 0) is 60.0 Å². The van der Waals surface area contributed by atoms with Gasteiger partial charge in [0.1, 0.15) is 5.82 Å². The second-order valence-electron chi connectivity index (χ2n) is 7.09. The van der Waals surface area contributed by atoms with Crippen molar-refractivity contribution in [2.24, 2.45) is 0 Å². The largest absolute Gasteiger partial charge is 0.479 e. The number of nitrogens with one attached hydrogen (secondary N) is 2. The minimum Gasteiger partial charge on any atom is -0.479 e. The lowest BCUT2D eigenvalue weighted by Crippen LogP contribution is -2.33. The first-order valence-electron chi connectivity index (χ1n) is 9.70. The number of hydrogen-bond donors (Lipinski definition) is 3. The zero-order valence-electron chi connectivity index (χ0n) is 17.1. The van der Waals surface area contributed by atoms with E-state index in [4.69, 9.17) is 11.6 Å². The minimum atomic E-state index is -1.24. The van der Waals surface area contributed by atoms with E-state index in [9.17, 15) is 23.9 Å². The van der Waals surface area contributed by atoms with Crippen LogP contribution in [0.15, 0.2) is 65.6 Å². The molecule has 0 aliphatic carbocycles. The molecule has 0 aliphatic rings. The van der Waals surface area contributed by atoms with E-state index in [1.54, 1.807) is 49.6 Å². The number of amides is 1. The number of benzene rings is 2. The van der Waals surface area contributed by atoms with Gasteiger partial charge in [0.25, 0.3) is 11.5 Å². The monoisotopic (exact) mass is 485 g/mol. The van der Waals surface area contributed by atoms with Gasteiger partial charge in [-0.3, -0.25) is 14.2 Å². The summed E-state index contributed by atoms with van der Waals surface area (Å²) in [5.74, 6) is -2.34. The zero-order valence-corrected chi connectivity index (χ0v) is 18.7. The van der Waals surface area contributed by atoms with Gasteiger partial charge in [0.05, 0.1) is 15.4 Å². The first-order valence-corrected chi connectivity index (χ1v) is 10.9. The summed E-state index contributed by atoms with van der Waals surface area (Å²) < 4.78 is 15.9. The number of carbonyl (C=O) groups excluding carboxylic acids is 1. The van der Waals surface area contributed by atoms with Crippen LogP contribution in [0.5, 0.6) is 0 Å². The van der Waals surface area contributed by atoms with Crippen LogP contribution in [0.3, 0.4) is 0 Å². The topological polar surface area (TPSA) is 100 Å². The van der Waals surface area contributed by atoms with Crippen LogP contribution in [0.2, 0.25) is 4.34 Å². The summed E-state index contributed by atoms with van der Waals surface area (Å²) in [5.41, 5.74) is 0.564. The van der Waals surface area contributed by atoms with Gasteiger partial charge < -0.3 is 15.7 Å². The van der Waals surface area contributed by atoms with E-state index in [2.05, 4.69) is 10.6 Å². The Labute approximate surface area is 196 Å². The second kappa shape index (κ2) is 9.05. The molecule has 0 radical (unpaired) electrons. The number of aromatic nitrogens is 1. The summed E-state index contributed by atoms with van der Waals surface area (Å²) in [7, 11) is 1.59. The van der Waals surface area contributed by atoms with Gasteiger partial charge in [-0.25, -0.2) is 9.18 Å². The van der Waals surface area contributed by atoms with Crippen LogP contribution in [-0.4, -0.2) is 28.6 Å². The number of carboxylic acid groups (broad SMARTS) is 1. The van der Waals surface area contributed by atoms with Crippen molar-refractivity contribution in [1.29, 1.82) is 0 Å². The molecule has 3 N–H and O–H groups in total. The van der Waals surface area contributed by atoms with Crippen LogP contribution < -0.4 is 16.2 Å². The Kier molecular flexibility index (Phi) is 6.17. The van der Waals surface area contributed by atoms with Crippen LogP contribution in [0.1, 0.15) is 21.3 Å². The van der Waals surface area contributed by atoms with Crippen molar-refractivity contribution in [1.82, 2.24) is 9.88 Å². The van der Waals surface area contributed by atoms with Crippen molar-refractivity contribution in [2.75, 3.05) is 12.4 Å². The number of hydrogen-bond acceptors (Lipinski definition) is 5. The molecule has 7 nitrogen and oxygen atoms in total. The Hall–Kier alpha value is -3.69. The van der Waals surface area contributed by atoms with Crippen LogP contribution in [0.4, 0.5) is 10.1 Å². The number of anilines is 1. The number of aliphatic carboxylic acids is 1. The molecule has 1 atom stereocenters. The molecule has 33 heavy (non-hydrogen) atoms. The molecule has 2 heterocycles. The van der Waals surface area contributed by atoms with Crippen LogP contribution in [0.25, 0.3) is 16.5 Å². The molecule has 168 valence electrons. The number of carboxylic acids is 1. The maximum Gasteiger partial charge on any atom is 0.331 e. The number of rotatable bonds is 6. The van der Waals surface area contributed by atoms with Gasteiger partial charge >= 0.3 is 5.97 Å². The van der Waals surface area contributed by atoms with Crippen LogP contribution >= 0.6 is 22.9 Å². The number of halogens is 2. The lowest BCUT2D eigenvalue weighted by atomic mass is 10.1. The number of fused-ring (bicyclic) bond motifs is 1. The quantitative estimate of drug-likeness (QED) is 0.375. The average Bonchev–Trinajstić information content (AvgIpc) is 3.23. The van der Waals surface area contributed by atoms with Crippen molar-refractivity contribution in [3.05, 3.63) is 91.7 Å². The molecule has 1 amide bonds. The number of nitrogens with zero attached hydrogens (tertiary/aromatic N) is 1. The molecule has 2 aromatic heterocycles. The molecule has 0 saturated heterocycles. The number of pyridine rings is 1. The lowest BCUT2D eigenvalue weighted by Gasteiger charge is -2.13. The van der Waals surface area contributed by atoms with Gasteiger partial charge in [0.2, 0.25) is 0 Å². The van der Waals surface area contributed by atoms with Crippen LogP contribution in [0, 0.1) is 5.82 Å². The Bertz CT molecular complexity index is 1430. The maximum absolute atomic E-state index is 14.2. The number of carbonyl (C=O) groups is 2. The van der Waals surface area contributed by atoms with Gasteiger partial charge in [-0.1, -0.05) is 11.6 Å². The molecule has 4 aromatic rings. The lowest BCUT2D eigenvalue weighted by molar-refractivity contribution is -0.139. The third-order valence-electron chi connectivity index (χ3n) is 5.07. The summed E-state index contributed by atoms with van der Waals surface area (Å²) in [5, 5.41) is 15.5. The molecule has 0 spiro atoms. The van der Waals surface area contributed by atoms with Crippen molar-refractivity contribution < 1.29 is 19.1 Å². The Morgan fingerprint density at radius 3 is 2.45 bits per heavy atom. The van der Waals surface area contributed by atoms with E-state index in [1.807, 2.05) is 0 Å². The fourth-order valence-corrected chi connectivity index (χ4v) is 4.49. The minimum absolute atomic E-state index is 0.214. The second-order valence-corrected chi connectivity index (χ2v) is 8.84. The molecule has 0 aliphatic heterocycles. The van der Waals surface area contributed by atoms with Gasteiger partial charge in [0.15, 0.2) is 6.04 Å². The summed E-state index contributed by atoms with van der Waals surface area (Å²) in [4.78, 5) is 37.5. The molecule has 0 fully saturated rings. The zero-order chi connectivity index (χ0) is 23.7.